The number of benzene rings is 1. The summed E-state index contributed by atoms with van der Waals surface area (Å²) in [4.78, 5) is 9.11. The zero-order valence-electron chi connectivity index (χ0n) is 9.07. The lowest BCUT2D eigenvalue weighted by atomic mass is 10.1. The van der Waals surface area contributed by atoms with E-state index in [1.54, 1.807) is 36.0 Å². The van der Waals surface area contributed by atoms with E-state index in [2.05, 4.69) is 21.2 Å². The maximum Gasteiger partial charge on any atom is 0.258 e. The molecule has 2 heterocycles. The fourth-order valence-electron chi connectivity index (χ4n) is 1.45. The third-order valence-corrected chi connectivity index (χ3v) is 3.11. The molecule has 0 spiro atoms. The lowest BCUT2D eigenvalue weighted by Gasteiger charge is -1.92. The third kappa shape index (κ3) is 1.87. The number of nitrogens with zero attached hydrogens (tertiary/aromatic N) is 4. The largest absolute Gasteiger partial charge is 0.334 e. The van der Waals surface area contributed by atoms with Crippen molar-refractivity contribution in [1.29, 1.82) is 5.26 Å². The van der Waals surface area contributed by atoms with Gasteiger partial charge in [0.05, 0.1) is 22.0 Å². The molecule has 0 atom stereocenters. The highest BCUT2D eigenvalue weighted by molar-refractivity contribution is 7.13. The van der Waals surface area contributed by atoms with Crippen LogP contribution in [0.1, 0.15) is 5.56 Å². The lowest BCUT2D eigenvalue weighted by Crippen LogP contribution is -1.79. The number of hydrogen-bond acceptors (Lipinski definition) is 6. The Morgan fingerprint density at radius 3 is 2.72 bits per heavy atom. The first-order valence-corrected chi connectivity index (χ1v) is 5.98. The molecule has 0 aliphatic carbocycles. The minimum Gasteiger partial charge on any atom is -0.334 e. The first-order chi connectivity index (χ1) is 8.86. The molecular weight excluding hydrogens is 248 g/mol. The number of aromatic nitrogens is 3. The molecule has 3 rings (SSSR count). The zero-order valence-corrected chi connectivity index (χ0v) is 9.89. The standard InChI is InChI=1S/C12H6N4OS/c13-5-8-1-3-9(4-2-8)12-15-11(16-17-12)10-6-14-7-18-10/h1-4,6-7H. The molecule has 0 saturated carbocycles. The Labute approximate surface area is 106 Å². The molecule has 0 aliphatic rings. The predicted molar refractivity (Wildman–Crippen MR) is 65.6 cm³/mol. The Kier molecular flexibility index (Phi) is 2.59. The molecule has 0 unspecified atom stereocenters. The van der Waals surface area contributed by atoms with Gasteiger partial charge in [-0.3, -0.25) is 4.98 Å². The maximum absolute atomic E-state index is 8.72. The molecule has 0 aliphatic heterocycles. The van der Waals surface area contributed by atoms with Gasteiger partial charge < -0.3 is 4.52 Å². The maximum atomic E-state index is 8.72. The monoisotopic (exact) mass is 254 g/mol. The molecule has 5 nitrogen and oxygen atoms in total. The van der Waals surface area contributed by atoms with Crippen molar-refractivity contribution in [3.05, 3.63) is 41.5 Å². The van der Waals surface area contributed by atoms with Crippen molar-refractivity contribution in [2.24, 2.45) is 0 Å². The molecule has 0 bridgehead atoms. The van der Waals surface area contributed by atoms with Crippen LogP contribution in [-0.4, -0.2) is 15.1 Å². The smallest absolute Gasteiger partial charge is 0.258 e. The van der Waals surface area contributed by atoms with E-state index >= 15 is 0 Å². The van der Waals surface area contributed by atoms with E-state index in [0.717, 1.165) is 10.4 Å². The fraction of sp³-hybridized carbons (Fsp3) is 0. The molecule has 0 fully saturated rings. The van der Waals surface area contributed by atoms with Gasteiger partial charge in [0.25, 0.3) is 5.89 Å². The van der Waals surface area contributed by atoms with Gasteiger partial charge in [-0.05, 0) is 24.3 Å². The van der Waals surface area contributed by atoms with Crippen molar-refractivity contribution in [2.45, 2.75) is 0 Å². The zero-order chi connectivity index (χ0) is 12.4. The van der Waals surface area contributed by atoms with Crippen LogP contribution in [0.5, 0.6) is 0 Å². The molecular formula is C12H6N4OS. The van der Waals surface area contributed by atoms with Crippen LogP contribution in [0.15, 0.2) is 40.5 Å². The van der Waals surface area contributed by atoms with Crippen molar-refractivity contribution < 1.29 is 4.52 Å². The van der Waals surface area contributed by atoms with Crippen molar-refractivity contribution in [1.82, 2.24) is 15.1 Å². The van der Waals surface area contributed by atoms with Gasteiger partial charge in [0, 0.05) is 11.8 Å². The average Bonchev–Trinajstić information content (AvgIpc) is 3.09. The number of thiazole rings is 1. The van der Waals surface area contributed by atoms with Gasteiger partial charge >= 0.3 is 0 Å². The van der Waals surface area contributed by atoms with E-state index in [-0.39, 0.29) is 0 Å². The highest BCUT2D eigenvalue weighted by Gasteiger charge is 2.11. The summed E-state index contributed by atoms with van der Waals surface area (Å²) in [7, 11) is 0. The Hall–Kier alpha value is -2.52. The molecule has 0 amide bonds. The molecule has 18 heavy (non-hydrogen) atoms. The van der Waals surface area contributed by atoms with Gasteiger partial charge in [-0.1, -0.05) is 5.16 Å². The highest BCUT2D eigenvalue weighted by atomic mass is 32.1. The van der Waals surface area contributed by atoms with Gasteiger partial charge in [-0.15, -0.1) is 11.3 Å². The van der Waals surface area contributed by atoms with Gasteiger partial charge in [0.2, 0.25) is 5.82 Å². The van der Waals surface area contributed by atoms with Gasteiger partial charge in [0.15, 0.2) is 0 Å². The summed E-state index contributed by atoms with van der Waals surface area (Å²) in [6, 6.07) is 9.05. The summed E-state index contributed by atoms with van der Waals surface area (Å²) in [5, 5.41) is 12.6. The Bertz CT molecular complexity index is 695. The van der Waals surface area contributed by atoms with Crippen LogP contribution in [0, 0.1) is 11.3 Å². The minimum atomic E-state index is 0.433. The summed E-state index contributed by atoms with van der Waals surface area (Å²) in [5.74, 6) is 0.958. The predicted octanol–water partition coefficient (Wildman–Crippen LogP) is 2.73. The number of nitriles is 1. The van der Waals surface area contributed by atoms with Crippen molar-refractivity contribution in [3.63, 3.8) is 0 Å². The van der Waals surface area contributed by atoms with E-state index in [9.17, 15) is 0 Å². The van der Waals surface area contributed by atoms with E-state index < -0.39 is 0 Å². The molecule has 0 N–H and O–H groups in total. The van der Waals surface area contributed by atoms with Crippen LogP contribution in [-0.2, 0) is 0 Å². The first-order valence-electron chi connectivity index (χ1n) is 5.10. The second-order valence-corrected chi connectivity index (χ2v) is 4.36. The Morgan fingerprint density at radius 1 is 1.22 bits per heavy atom. The molecule has 0 radical (unpaired) electrons. The molecule has 3 aromatic rings. The molecule has 0 saturated heterocycles. The van der Waals surface area contributed by atoms with E-state index in [4.69, 9.17) is 9.78 Å². The highest BCUT2D eigenvalue weighted by Crippen LogP contribution is 2.24. The summed E-state index contributed by atoms with van der Waals surface area (Å²) in [6.07, 6.45) is 1.69. The normalized spacial score (nSPS) is 10.2. The summed E-state index contributed by atoms with van der Waals surface area (Å²) in [6.45, 7) is 0. The number of hydrogen-bond donors (Lipinski definition) is 0. The molecule has 86 valence electrons. The van der Waals surface area contributed by atoms with Crippen LogP contribution >= 0.6 is 11.3 Å². The van der Waals surface area contributed by atoms with Crippen molar-refractivity contribution in [3.8, 4) is 28.2 Å². The van der Waals surface area contributed by atoms with Crippen LogP contribution in [0.4, 0.5) is 0 Å². The van der Waals surface area contributed by atoms with Crippen molar-refractivity contribution >= 4 is 11.3 Å². The third-order valence-electron chi connectivity index (χ3n) is 2.34. The van der Waals surface area contributed by atoms with Crippen LogP contribution in [0.3, 0.4) is 0 Å². The van der Waals surface area contributed by atoms with Crippen LogP contribution in [0.2, 0.25) is 0 Å². The van der Waals surface area contributed by atoms with E-state index in [1.807, 2.05) is 0 Å². The number of rotatable bonds is 2. The lowest BCUT2D eigenvalue weighted by molar-refractivity contribution is 0.432. The fourth-order valence-corrected chi connectivity index (χ4v) is 2.00. The van der Waals surface area contributed by atoms with Crippen LogP contribution in [0.25, 0.3) is 22.2 Å². The topological polar surface area (TPSA) is 75.6 Å². The van der Waals surface area contributed by atoms with Gasteiger partial charge in [0.1, 0.15) is 0 Å². The Morgan fingerprint density at radius 2 is 2.06 bits per heavy atom. The van der Waals surface area contributed by atoms with Gasteiger partial charge in [-0.25, -0.2) is 0 Å². The second kappa shape index (κ2) is 4.39. The minimum absolute atomic E-state index is 0.433. The average molecular weight is 254 g/mol. The van der Waals surface area contributed by atoms with Crippen molar-refractivity contribution in [2.75, 3.05) is 0 Å². The van der Waals surface area contributed by atoms with E-state index in [1.165, 1.54) is 11.3 Å². The summed E-state index contributed by atoms with van der Waals surface area (Å²) >= 11 is 1.45. The molecule has 1 aromatic carbocycles. The Balaban J connectivity index is 1.95. The summed E-state index contributed by atoms with van der Waals surface area (Å²) < 4.78 is 5.18. The quantitative estimate of drug-likeness (QED) is 0.702. The van der Waals surface area contributed by atoms with Crippen LogP contribution < -0.4 is 0 Å². The SMILES string of the molecule is N#Cc1ccc(-c2nc(-c3cncs3)no2)cc1. The van der Waals surface area contributed by atoms with Gasteiger partial charge in [-0.2, -0.15) is 10.2 Å². The second-order valence-electron chi connectivity index (χ2n) is 3.48. The first kappa shape index (κ1) is 10.6. The van der Waals surface area contributed by atoms with E-state index in [0.29, 0.717) is 17.3 Å². The summed E-state index contributed by atoms with van der Waals surface area (Å²) in [5.41, 5.74) is 3.10. The molecule has 6 heteroatoms. The molecule has 2 aromatic heterocycles.